The van der Waals surface area contributed by atoms with Gasteiger partial charge in [-0.15, -0.1) is 0 Å². The van der Waals surface area contributed by atoms with Crippen LogP contribution in [0.3, 0.4) is 0 Å². The van der Waals surface area contributed by atoms with Crippen molar-refractivity contribution in [2.24, 2.45) is 5.73 Å². The molecule has 1 aliphatic carbocycles. The van der Waals surface area contributed by atoms with E-state index in [1.165, 1.54) is 0 Å². The highest BCUT2D eigenvalue weighted by atomic mass is 35.5. The second-order valence-electron chi connectivity index (χ2n) is 4.72. The smallest absolute Gasteiger partial charge is 0.0487 e. The summed E-state index contributed by atoms with van der Waals surface area (Å²) >= 11 is 6.34. The van der Waals surface area contributed by atoms with Gasteiger partial charge >= 0.3 is 0 Å². The third-order valence-electron chi connectivity index (χ3n) is 3.42. The van der Waals surface area contributed by atoms with Crippen LogP contribution < -0.4 is 5.73 Å². The van der Waals surface area contributed by atoms with Crippen molar-refractivity contribution in [1.29, 1.82) is 0 Å². The van der Waals surface area contributed by atoms with E-state index in [1.807, 2.05) is 24.3 Å². The van der Waals surface area contributed by atoms with Crippen molar-refractivity contribution in [3.05, 3.63) is 59.1 Å². The van der Waals surface area contributed by atoms with Gasteiger partial charge in [0.15, 0.2) is 0 Å². The molecule has 0 aromatic heterocycles. The highest BCUT2D eigenvalue weighted by molar-refractivity contribution is 6.33. The molecule has 1 saturated carbocycles. The standard InChI is InChI=1S/C15H14ClN/c16-14-10-12(15(17)8-9-15)6-7-13(14)11-4-2-1-3-5-11/h1-7,10H,8-9,17H2. The molecular formula is C15H14ClN. The fraction of sp³-hybridized carbons (Fsp3) is 0.200. The van der Waals surface area contributed by atoms with Crippen molar-refractivity contribution in [3.8, 4) is 11.1 Å². The van der Waals surface area contributed by atoms with Crippen LogP contribution in [0, 0.1) is 0 Å². The van der Waals surface area contributed by atoms with Crippen molar-refractivity contribution in [2.75, 3.05) is 0 Å². The Morgan fingerprint density at radius 1 is 1.00 bits per heavy atom. The van der Waals surface area contributed by atoms with Gasteiger partial charge in [-0.3, -0.25) is 0 Å². The first-order valence-electron chi connectivity index (χ1n) is 5.83. The Hall–Kier alpha value is -1.31. The minimum absolute atomic E-state index is 0.112. The Balaban J connectivity index is 2.03. The summed E-state index contributed by atoms with van der Waals surface area (Å²) in [5.74, 6) is 0. The molecule has 0 aliphatic heterocycles. The van der Waals surface area contributed by atoms with E-state index in [9.17, 15) is 0 Å². The van der Waals surface area contributed by atoms with Crippen LogP contribution in [0.4, 0.5) is 0 Å². The molecule has 86 valence electrons. The molecule has 1 aliphatic rings. The van der Waals surface area contributed by atoms with Crippen LogP contribution >= 0.6 is 11.6 Å². The van der Waals surface area contributed by atoms with Crippen LogP contribution in [-0.2, 0) is 5.54 Å². The van der Waals surface area contributed by atoms with E-state index < -0.39 is 0 Å². The van der Waals surface area contributed by atoms with E-state index >= 15 is 0 Å². The molecule has 0 spiro atoms. The number of rotatable bonds is 2. The number of hydrogen-bond acceptors (Lipinski definition) is 1. The molecule has 0 amide bonds. The summed E-state index contributed by atoms with van der Waals surface area (Å²) in [4.78, 5) is 0. The van der Waals surface area contributed by atoms with E-state index in [-0.39, 0.29) is 5.54 Å². The van der Waals surface area contributed by atoms with Gasteiger partial charge in [-0.25, -0.2) is 0 Å². The van der Waals surface area contributed by atoms with Crippen LogP contribution in [0.25, 0.3) is 11.1 Å². The summed E-state index contributed by atoms with van der Waals surface area (Å²) in [7, 11) is 0. The summed E-state index contributed by atoms with van der Waals surface area (Å²) in [5.41, 5.74) is 9.42. The van der Waals surface area contributed by atoms with Crippen LogP contribution in [0.1, 0.15) is 18.4 Å². The van der Waals surface area contributed by atoms with Gasteiger partial charge in [0.2, 0.25) is 0 Å². The van der Waals surface area contributed by atoms with Gasteiger partial charge in [0, 0.05) is 16.1 Å². The Kier molecular flexibility index (Phi) is 2.46. The van der Waals surface area contributed by atoms with Crippen molar-refractivity contribution < 1.29 is 0 Å². The maximum Gasteiger partial charge on any atom is 0.0487 e. The Morgan fingerprint density at radius 3 is 2.29 bits per heavy atom. The van der Waals surface area contributed by atoms with Crippen molar-refractivity contribution >= 4 is 11.6 Å². The van der Waals surface area contributed by atoms with Gasteiger partial charge in [-0.2, -0.15) is 0 Å². The quantitative estimate of drug-likeness (QED) is 0.849. The third-order valence-corrected chi connectivity index (χ3v) is 3.73. The van der Waals surface area contributed by atoms with Gasteiger partial charge in [0.1, 0.15) is 0 Å². The van der Waals surface area contributed by atoms with Gasteiger partial charge in [0.05, 0.1) is 0 Å². The molecular weight excluding hydrogens is 230 g/mol. The predicted molar refractivity (Wildman–Crippen MR) is 72.0 cm³/mol. The number of halogens is 1. The molecule has 2 aromatic rings. The van der Waals surface area contributed by atoms with Crippen LogP contribution in [0.15, 0.2) is 48.5 Å². The minimum Gasteiger partial charge on any atom is -0.321 e. The molecule has 1 nitrogen and oxygen atoms in total. The molecule has 0 atom stereocenters. The van der Waals surface area contributed by atoms with Crippen molar-refractivity contribution in [3.63, 3.8) is 0 Å². The van der Waals surface area contributed by atoms with E-state index in [0.717, 1.165) is 34.6 Å². The molecule has 3 rings (SSSR count). The second-order valence-corrected chi connectivity index (χ2v) is 5.12. The molecule has 2 aromatic carbocycles. The Morgan fingerprint density at radius 2 is 1.71 bits per heavy atom. The lowest BCUT2D eigenvalue weighted by Crippen LogP contribution is -2.18. The summed E-state index contributed by atoms with van der Waals surface area (Å²) < 4.78 is 0. The average molecular weight is 244 g/mol. The lowest BCUT2D eigenvalue weighted by atomic mass is 10.00. The normalized spacial score (nSPS) is 16.8. The van der Waals surface area contributed by atoms with Gasteiger partial charge in [-0.1, -0.05) is 54.1 Å². The van der Waals surface area contributed by atoms with Crippen LogP contribution in [0.2, 0.25) is 5.02 Å². The lowest BCUT2D eigenvalue weighted by Gasteiger charge is -2.12. The number of benzene rings is 2. The highest BCUT2D eigenvalue weighted by Crippen LogP contribution is 2.44. The molecule has 0 radical (unpaired) electrons. The maximum atomic E-state index is 6.34. The summed E-state index contributed by atoms with van der Waals surface area (Å²) in [6, 6.07) is 16.4. The third kappa shape index (κ3) is 1.97. The monoisotopic (exact) mass is 243 g/mol. The molecule has 17 heavy (non-hydrogen) atoms. The molecule has 1 fully saturated rings. The van der Waals surface area contributed by atoms with Crippen molar-refractivity contribution in [1.82, 2.24) is 0 Å². The average Bonchev–Trinajstić information content (AvgIpc) is 3.10. The fourth-order valence-corrected chi connectivity index (χ4v) is 2.39. The Bertz CT molecular complexity index is 544. The molecule has 2 N–H and O–H groups in total. The van der Waals surface area contributed by atoms with E-state index in [0.29, 0.717) is 0 Å². The maximum absolute atomic E-state index is 6.34. The van der Waals surface area contributed by atoms with Gasteiger partial charge in [0.25, 0.3) is 0 Å². The van der Waals surface area contributed by atoms with Crippen LogP contribution in [0.5, 0.6) is 0 Å². The number of hydrogen-bond donors (Lipinski definition) is 1. The first kappa shape index (κ1) is 10.8. The highest BCUT2D eigenvalue weighted by Gasteiger charge is 2.40. The van der Waals surface area contributed by atoms with Crippen LogP contribution in [-0.4, -0.2) is 0 Å². The largest absolute Gasteiger partial charge is 0.321 e. The van der Waals surface area contributed by atoms with E-state index in [4.69, 9.17) is 17.3 Å². The molecule has 2 heteroatoms. The van der Waals surface area contributed by atoms with Gasteiger partial charge < -0.3 is 5.73 Å². The minimum atomic E-state index is -0.112. The first-order valence-corrected chi connectivity index (χ1v) is 6.21. The molecule has 0 unspecified atom stereocenters. The fourth-order valence-electron chi connectivity index (χ4n) is 2.10. The van der Waals surface area contributed by atoms with E-state index in [2.05, 4.69) is 24.3 Å². The lowest BCUT2D eigenvalue weighted by molar-refractivity contribution is 0.740. The summed E-state index contributed by atoms with van der Waals surface area (Å²) in [6.07, 6.45) is 2.13. The number of nitrogens with two attached hydrogens (primary N) is 1. The first-order chi connectivity index (χ1) is 8.19. The second kappa shape index (κ2) is 3.86. The summed E-state index contributed by atoms with van der Waals surface area (Å²) in [6.45, 7) is 0. The molecule has 0 bridgehead atoms. The molecule has 0 heterocycles. The predicted octanol–water partition coefficient (Wildman–Crippen LogP) is 3.95. The van der Waals surface area contributed by atoms with Crippen molar-refractivity contribution in [2.45, 2.75) is 18.4 Å². The molecule has 0 saturated heterocycles. The Labute approximate surface area is 106 Å². The SMILES string of the molecule is NC1(c2ccc(-c3ccccc3)c(Cl)c2)CC1. The topological polar surface area (TPSA) is 26.0 Å². The summed E-state index contributed by atoms with van der Waals surface area (Å²) in [5, 5.41) is 0.783. The van der Waals surface area contributed by atoms with Gasteiger partial charge in [-0.05, 0) is 30.0 Å². The zero-order valence-electron chi connectivity index (χ0n) is 9.49. The zero-order valence-corrected chi connectivity index (χ0v) is 10.2. The zero-order chi connectivity index (χ0) is 11.9. The van der Waals surface area contributed by atoms with E-state index in [1.54, 1.807) is 0 Å².